The zero-order valence-electron chi connectivity index (χ0n) is 14.5. The van der Waals surface area contributed by atoms with E-state index >= 15 is 0 Å². The third-order valence-corrected chi connectivity index (χ3v) is 3.77. The molecule has 1 aliphatic heterocycles. The first-order chi connectivity index (χ1) is 11.7. The zero-order valence-corrected chi connectivity index (χ0v) is 14.5. The fourth-order valence-corrected chi connectivity index (χ4v) is 2.47. The molecule has 24 heavy (non-hydrogen) atoms. The van der Waals surface area contributed by atoms with Crippen molar-refractivity contribution in [3.05, 3.63) is 23.9 Å². The summed E-state index contributed by atoms with van der Waals surface area (Å²) in [5, 5.41) is 3.32. The van der Waals surface area contributed by atoms with Crippen LogP contribution in [0.25, 0.3) is 0 Å². The van der Waals surface area contributed by atoms with Gasteiger partial charge < -0.3 is 24.6 Å². The number of hydrogen-bond acceptors (Lipinski definition) is 5. The Morgan fingerprint density at radius 1 is 1.29 bits per heavy atom. The summed E-state index contributed by atoms with van der Waals surface area (Å²) in [6, 6.07) is 3.79. The zero-order chi connectivity index (χ0) is 17.4. The highest BCUT2D eigenvalue weighted by Crippen LogP contribution is 2.08. The normalized spacial score (nSPS) is 15.2. The summed E-state index contributed by atoms with van der Waals surface area (Å²) >= 11 is 0. The fraction of sp³-hybridized carbons (Fsp3) is 0.562. The number of nitrogens with one attached hydrogen (secondary N) is 1. The Morgan fingerprint density at radius 3 is 2.54 bits per heavy atom. The Balaban J connectivity index is 1.83. The van der Waals surface area contributed by atoms with Crippen molar-refractivity contribution < 1.29 is 14.3 Å². The van der Waals surface area contributed by atoms with Crippen molar-refractivity contribution in [1.82, 2.24) is 20.1 Å². The highest BCUT2D eigenvalue weighted by Gasteiger charge is 2.23. The third kappa shape index (κ3) is 4.74. The maximum Gasteiger partial charge on any atom is 0.409 e. The molecule has 1 saturated heterocycles. The van der Waals surface area contributed by atoms with Crippen LogP contribution in [-0.4, -0.2) is 73.8 Å². The maximum atomic E-state index is 11.7. The van der Waals surface area contributed by atoms with E-state index in [0.717, 1.165) is 24.6 Å². The largest absolute Gasteiger partial charge is 0.481 e. The quantitative estimate of drug-likeness (QED) is 0.652. The van der Waals surface area contributed by atoms with Gasteiger partial charge >= 0.3 is 6.09 Å². The van der Waals surface area contributed by atoms with Gasteiger partial charge in [-0.3, -0.25) is 4.99 Å². The molecular formula is C16H25N5O3. The van der Waals surface area contributed by atoms with E-state index in [2.05, 4.69) is 20.2 Å². The number of nitrogens with zero attached hydrogens (tertiary/aromatic N) is 4. The summed E-state index contributed by atoms with van der Waals surface area (Å²) in [7, 11) is 3.35. The van der Waals surface area contributed by atoms with Gasteiger partial charge in [0.25, 0.3) is 0 Å². The second-order valence-electron chi connectivity index (χ2n) is 5.28. The predicted octanol–water partition coefficient (Wildman–Crippen LogP) is 0.940. The van der Waals surface area contributed by atoms with Gasteiger partial charge in [0, 0.05) is 52.0 Å². The smallest absolute Gasteiger partial charge is 0.409 e. The summed E-state index contributed by atoms with van der Waals surface area (Å²) in [4.78, 5) is 24.1. The monoisotopic (exact) mass is 335 g/mol. The number of rotatable bonds is 4. The minimum Gasteiger partial charge on any atom is -0.481 e. The number of ether oxygens (including phenoxy) is 2. The van der Waals surface area contributed by atoms with Crippen molar-refractivity contribution in [2.24, 2.45) is 4.99 Å². The number of piperazine rings is 1. The van der Waals surface area contributed by atoms with E-state index in [9.17, 15) is 4.79 Å². The number of carbonyl (C=O) groups excluding carboxylic acids is 1. The van der Waals surface area contributed by atoms with Crippen LogP contribution in [0.15, 0.2) is 23.3 Å². The summed E-state index contributed by atoms with van der Waals surface area (Å²) in [5.41, 5.74) is 1.04. The Labute approximate surface area is 142 Å². The van der Waals surface area contributed by atoms with Crippen molar-refractivity contribution in [3.8, 4) is 5.88 Å². The van der Waals surface area contributed by atoms with Gasteiger partial charge in [0.05, 0.1) is 13.7 Å². The van der Waals surface area contributed by atoms with Gasteiger partial charge in [0.15, 0.2) is 5.96 Å². The fourth-order valence-electron chi connectivity index (χ4n) is 2.47. The first-order valence-corrected chi connectivity index (χ1v) is 8.04. The Bertz CT molecular complexity index is 553. The molecule has 0 atom stereocenters. The molecule has 1 aromatic rings. The molecule has 8 heteroatoms. The molecule has 0 aromatic carbocycles. The van der Waals surface area contributed by atoms with Crippen LogP contribution in [0.3, 0.4) is 0 Å². The van der Waals surface area contributed by atoms with Crippen molar-refractivity contribution in [1.29, 1.82) is 0 Å². The van der Waals surface area contributed by atoms with E-state index in [1.807, 2.05) is 19.1 Å². The minimum atomic E-state index is -0.246. The lowest BCUT2D eigenvalue weighted by molar-refractivity contribution is 0.0914. The second-order valence-corrected chi connectivity index (χ2v) is 5.28. The number of guanidine groups is 1. The summed E-state index contributed by atoms with van der Waals surface area (Å²) in [6.45, 7) is 5.54. The molecule has 2 heterocycles. The van der Waals surface area contributed by atoms with E-state index in [4.69, 9.17) is 9.47 Å². The van der Waals surface area contributed by atoms with Gasteiger partial charge in [-0.15, -0.1) is 0 Å². The van der Waals surface area contributed by atoms with Gasteiger partial charge in [-0.25, -0.2) is 9.78 Å². The predicted molar refractivity (Wildman–Crippen MR) is 91.2 cm³/mol. The highest BCUT2D eigenvalue weighted by molar-refractivity contribution is 5.80. The van der Waals surface area contributed by atoms with Crippen molar-refractivity contribution in [3.63, 3.8) is 0 Å². The SMILES string of the molecule is CCOC(=O)N1CCN(C(=NC)NCc2ccc(OC)nc2)CC1. The molecule has 1 amide bonds. The summed E-state index contributed by atoms with van der Waals surface area (Å²) in [6.07, 6.45) is 1.53. The average Bonchev–Trinajstić information content (AvgIpc) is 2.63. The topological polar surface area (TPSA) is 79.3 Å². The molecule has 0 unspecified atom stereocenters. The summed E-state index contributed by atoms with van der Waals surface area (Å²) < 4.78 is 10.1. The van der Waals surface area contributed by atoms with Crippen LogP contribution < -0.4 is 10.1 Å². The molecule has 0 bridgehead atoms. The molecule has 0 aliphatic carbocycles. The van der Waals surface area contributed by atoms with Crippen LogP contribution in [0.4, 0.5) is 4.79 Å². The standard InChI is InChI=1S/C16H25N5O3/c1-4-24-16(22)21-9-7-20(8-10-21)15(17-2)19-12-13-5-6-14(23-3)18-11-13/h5-6,11H,4,7-10,12H2,1-3H3,(H,17,19). The van der Waals surface area contributed by atoms with Crippen LogP contribution in [0.1, 0.15) is 12.5 Å². The van der Waals surface area contributed by atoms with Crippen molar-refractivity contribution >= 4 is 12.1 Å². The van der Waals surface area contributed by atoms with Crippen LogP contribution in [0, 0.1) is 0 Å². The second kappa shape index (κ2) is 8.95. The number of methoxy groups -OCH3 is 1. The number of aliphatic imine (C=N–C) groups is 1. The highest BCUT2D eigenvalue weighted by atomic mass is 16.6. The first kappa shape index (κ1) is 17.8. The molecule has 0 spiro atoms. The van der Waals surface area contributed by atoms with E-state index in [0.29, 0.717) is 32.1 Å². The van der Waals surface area contributed by atoms with Crippen LogP contribution >= 0.6 is 0 Å². The van der Waals surface area contributed by atoms with E-state index in [-0.39, 0.29) is 6.09 Å². The average molecular weight is 335 g/mol. The van der Waals surface area contributed by atoms with Gasteiger partial charge in [-0.1, -0.05) is 6.07 Å². The number of aromatic nitrogens is 1. The van der Waals surface area contributed by atoms with Gasteiger partial charge in [0.2, 0.25) is 5.88 Å². The molecule has 132 valence electrons. The first-order valence-electron chi connectivity index (χ1n) is 8.04. The lowest BCUT2D eigenvalue weighted by Crippen LogP contribution is -2.53. The molecule has 1 aliphatic rings. The molecule has 2 rings (SSSR count). The van der Waals surface area contributed by atoms with Crippen molar-refractivity contribution in [2.45, 2.75) is 13.5 Å². The van der Waals surface area contributed by atoms with Crippen LogP contribution in [0.2, 0.25) is 0 Å². The number of amides is 1. The molecule has 1 N–H and O–H groups in total. The molecule has 1 aromatic heterocycles. The Hall–Kier alpha value is -2.51. The molecular weight excluding hydrogens is 310 g/mol. The van der Waals surface area contributed by atoms with Crippen molar-refractivity contribution in [2.75, 3.05) is 46.9 Å². The lowest BCUT2D eigenvalue weighted by atomic mass is 10.3. The molecule has 1 fully saturated rings. The number of hydrogen-bond donors (Lipinski definition) is 1. The lowest BCUT2D eigenvalue weighted by Gasteiger charge is -2.35. The van der Waals surface area contributed by atoms with Gasteiger partial charge in [-0.05, 0) is 12.5 Å². The van der Waals surface area contributed by atoms with Gasteiger partial charge in [-0.2, -0.15) is 0 Å². The molecule has 0 saturated carbocycles. The number of pyridine rings is 1. The van der Waals surface area contributed by atoms with Gasteiger partial charge in [0.1, 0.15) is 0 Å². The molecule has 0 radical (unpaired) electrons. The van der Waals surface area contributed by atoms with Crippen LogP contribution in [0.5, 0.6) is 5.88 Å². The summed E-state index contributed by atoms with van der Waals surface area (Å²) in [5.74, 6) is 1.41. The Kier molecular flexibility index (Phi) is 6.65. The minimum absolute atomic E-state index is 0.246. The van der Waals surface area contributed by atoms with Crippen LogP contribution in [-0.2, 0) is 11.3 Å². The Morgan fingerprint density at radius 2 is 2.00 bits per heavy atom. The number of carbonyl (C=O) groups is 1. The van der Waals surface area contributed by atoms with E-state index in [1.54, 1.807) is 25.3 Å². The third-order valence-electron chi connectivity index (χ3n) is 3.77. The maximum absolute atomic E-state index is 11.7. The molecule has 8 nitrogen and oxygen atoms in total. The van der Waals surface area contributed by atoms with E-state index < -0.39 is 0 Å². The van der Waals surface area contributed by atoms with E-state index in [1.165, 1.54) is 0 Å².